The SMILES string of the molecule is COc1ccc(C(CBr)OC2COC2)cc1. The Bertz CT molecular complexity index is 322. The summed E-state index contributed by atoms with van der Waals surface area (Å²) in [6.45, 7) is 1.42. The van der Waals surface area contributed by atoms with Gasteiger partial charge in [-0.25, -0.2) is 0 Å². The zero-order chi connectivity index (χ0) is 11.4. The third-order valence-electron chi connectivity index (χ3n) is 2.59. The fourth-order valence-corrected chi connectivity index (χ4v) is 2.07. The third kappa shape index (κ3) is 2.75. The van der Waals surface area contributed by atoms with E-state index in [1.54, 1.807) is 7.11 Å². The number of hydrogen-bond acceptors (Lipinski definition) is 3. The highest BCUT2D eigenvalue weighted by molar-refractivity contribution is 9.09. The molecule has 1 fully saturated rings. The molecule has 0 N–H and O–H groups in total. The molecule has 0 aliphatic carbocycles. The molecule has 0 amide bonds. The molecule has 0 bridgehead atoms. The van der Waals surface area contributed by atoms with Gasteiger partial charge in [0, 0.05) is 5.33 Å². The number of hydrogen-bond donors (Lipinski definition) is 0. The van der Waals surface area contributed by atoms with Crippen LogP contribution in [0.5, 0.6) is 5.75 Å². The van der Waals surface area contributed by atoms with Crippen molar-refractivity contribution in [2.24, 2.45) is 0 Å². The van der Waals surface area contributed by atoms with E-state index in [4.69, 9.17) is 14.2 Å². The van der Waals surface area contributed by atoms with E-state index in [1.807, 2.05) is 24.3 Å². The zero-order valence-corrected chi connectivity index (χ0v) is 10.8. The molecule has 2 rings (SSSR count). The standard InChI is InChI=1S/C12H15BrO3/c1-14-10-4-2-9(3-5-10)12(6-13)16-11-7-15-8-11/h2-5,11-12H,6-8H2,1H3. The summed E-state index contributed by atoms with van der Waals surface area (Å²) in [5, 5.41) is 0.788. The molecule has 1 heterocycles. The normalized spacial score (nSPS) is 17.9. The first-order chi connectivity index (χ1) is 7.83. The van der Waals surface area contributed by atoms with Gasteiger partial charge >= 0.3 is 0 Å². The minimum absolute atomic E-state index is 0.0832. The van der Waals surface area contributed by atoms with E-state index >= 15 is 0 Å². The van der Waals surface area contributed by atoms with Crippen LogP contribution in [-0.2, 0) is 9.47 Å². The van der Waals surface area contributed by atoms with Gasteiger partial charge in [0.1, 0.15) is 11.9 Å². The first-order valence-corrected chi connectivity index (χ1v) is 6.38. The Balaban J connectivity index is 2.00. The van der Waals surface area contributed by atoms with Crippen molar-refractivity contribution in [2.45, 2.75) is 12.2 Å². The van der Waals surface area contributed by atoms with Crippen molar-refractivity contribution in [1.29, 1.82) is 0 Å². The van der Waals surface area contributed by atoms with Crippen molar-refractivity contribution >= 4 is 15.9 Å². The smallest absolute Gasteiger partial charge is 0.118 e. The van der Waals surface area contributed by atoms with Gasteiger partial charge in [0.25, 0.3) is 0 Å². The van der Waals surface area contributed by atoms with Gasteiger partial charge in [-0.05, 0) is 17.7 Å². The zero-order valence-electron chi connectivity index (χ0n) is 9.19. The van der Waals surface area contributed by atoms with E-state index in [9.17, 15) is 0 Å². The highest BCUT2D eigenvalue weighted by atomic mass is 79.9. The topological polar surface area (TPSA) is 27.7 Å². The summed E-state index contributed by atoms with van der Waals surface area (Å²) in [6.07, 6.45) is 0.324. The van der Waals surface area contributed by atoms with E-state index in [0.29, 0.717) is 13.2 Å². The van der Waals surface area contributed by atoms with Crippen LogP contribution in [0.3, 0.4) is 0 Å². The van der Waals surface area contributed by atoms with Crippen molar-refractivity contribution in [3.05, 3.63) is 29.8 Å². The predicted molar refractivity (Wildman–Crippen MR) is 65.2 cm³/mol. The van der Waals surface area contributed by atoms with Crippen molar-refractivity contribution in [1.82, 2.24) is 0 Å². The summed E-state index contributed by atoms with van der Waals surface area (Å²) >= 11 is 3.47. The summed E-state index contributed by atoms with van der Waals surface area (Å²) in [6, 6.07) is 7.96. The lowest BCUT2D eigenvalue weighted by Gasteiger charge is -2.30. The maximum Gasteiger partial charge on any atom is 0.118 e. The van der Waals surface area contributed by atoms with Gasteiger partial charge in [0.2, 0.25) is 0 Å². The van der Waals surface area contributed by atoms with Crippen molar-refractivity contribution < 1.29 is 14.2 Å². The molecule has 88 valence electrons. The molecule has 1 aliphatic rings. The summed E-state index contributed by atoms with van der Waals surface area (Å²) in [5.41, 5.74) is 1.16. The van der Waals surface area contributed by atoms with Gasteiger partial charge in [0.05, 0.1) is 26.4 Å². The molecule has 1 saturated heterocycles. The first-order valence-electron chi connectivity index (χ1n) is 5.26. The Hall–Kier alpha value is -0.580. The Morgan fingerprint density at radius 3 is 2.50 bits per heavy atom. The fraction of sp³-hybridized carbons (Fsp3) is 0.500. The number of halogens is 1. The van der Waals surface area contributed by atoms with E-state index in [1.165, 1.54) is 0 Å². The lowest BCUT2D eigenvalue weighted by Crippen LogP contribution is -2.37. The van der Waals surface area contributed by atoms with Gasteiger partial charge in [-0.1, -0.05) is 28.1 Å². The van der Waals surface area contributed by atoms with Crippen LogP contribution >= 0.6 is 15.9 Å². The fourth-order valence-electron chi connectivity index (χ4n) is 1.55. The third-order valence-corrected chi connectivity index (χ3v) is 3.18. The maximum atomic E-state index is 5.88. The summed E-state index contributed by atoms with van der Waals surface area (Å²) in [5.74, 6) is 0.865. The Morgan fingerprint density at radius 2 is 2.06 bits per heavy atom. The van der Waals surface area contributed by atoms with Crippen LogP contribution in [0.1, 0.15) is 11.7 Å². The molecular formula is C12H15BrO3. The van der Waals surface area contributed by atoms with Gasteiger partial charge in [-0.15, -0.1) is 0 Å². The molecular weight excluding hydrogens is 272 g/mol. The molecule has 0 saturated carbocycles. The molecule has 1 atom stereocenters. The molecule has 0 spiro atoms. The number of alkyl halides is 1. The maximum absolute atomic E-state index is 5.88. The van der Waals surface area contributed by atoms with Crippen LogP contribution in [-0.4, -0.2) is 31.8 Å². The first kappa shape index (κ1) is 11.9. The predicted octanol–water partition coefficient (Wildman–Crippen LogP) is 2.55. The van der Waals surface area contributed by atoms with Crippen LogP contribution < -0.4 is 4.74 Å². The number of benzene rings is 1. The summed E-state index contributed by atoms with van der Waals surface area (Å²) in [7, 11) is 1.67. The van der Waals surface area contributed by atoms with Crippen LogP contribution in [0.2, 0.25) is 0 Å². The number of ether oxygens (including phenoxy) is 3. The monoisotopic (exact) mass is 286 g/mol. The Kier molecular flexibility index (Phi) is 4.21. The van der Waals surface area contributed by atoms with Gasteiger partial charge in [-0.3, -0.25) is 0 Å². The number of methoxy groups -OCH3 is 1. The van der Waals surface area contributed by atoms with Crippen LogP contribution in [0.15, 0.2) is 24.3 Å². The second-order valence-corrected chi connectivity index (χ2v) is 4.36. The van der Waals surface area contributed by atoms with E-state index in [-0.39, 0.29) is 12.2 Å². The molecule has 1 aromatic carbocycles. The van der Waals surface area contributed by atoms with Gasteiger partial charge in [0.15, 0.2) is 0 Å². The second kappa shape index (κ2) is 5.66. The van der Waals surface area contributed by atoms with Crippen molar-refractivity contribution in [3.8, 4) is 5.75 Å². The van der Waals surface area contributed by atoms with Crippen LogP contribution in [0, 0.1) is 0 Å². The van der Waals surface area contributed by atoms with Crippen LogP contribution in [0.4, 0.5) is 0 Å². The largest absolute Gasteiger partial charge is 0.497 e. The summed E-state index contributed by atoms with van der Waals surface area (Å²) in [4.78, 5) is 0. The lowest BCUT2D eigenvalue weighted by atomic mass is 10.1. The molecule has 0 radical (unpaired) electrons. The van der Waals surface area contributed by atoms with E-state index in [2.05, 4.69) is 15.9 Å². The molecule has 1 unspecified atom stereocenters. The average Bonchev–Trinajstić information content (AvgIpc) is 2.28. The molecule has 1 aromatic rings. The molecule has 0 aromatic heterocycles. The summed E-state index contributed by atoms with van der Waals surface area (Å²) < 4.78 is 16.1. The Labute approximate surface area is 104 Å². The van der Waals surface area contributed by atoms with E-state index in [0.717, 1.165) is 16.6 Å². The number of rotatable bonds is 5. The van der Waals surface area contributed by atoms with Gasteiger partial charge < -0.3 is 14.2 Å². The molecule has 16 heavy (non-hydrogen) atoms. The molecule has 1 aliphatic heterocycles. The van der Waals surface area contributed by atoms with Crippen molar-refractivity contribution in [3.63, 3.8) is 0 Å². The molecule has 4 heteroatoms. The van der Waals surface area contributed by atoms with Crippen molar-refractivity contribution in [2.75, 3.05) is 25.7 Å². The molecule has 3 nitrogen and oxygen atoms in total. The highest BCUT2D eigenvalue weighted by Crippen LogP contribution is 2.25. The lowest BCUT2D eigenvalue weighted by molar-refractivity contribution is -0.150. The van der Waals surface area contributed by atoms with E-state index < -0.39 is 0 Å². The minimum Gasteiger partial charge on any atom is -0.497 e. The minimum atomic E-state index is 0.0832. The van der Waals surface area contributed by atoms with Gasteiger partial charge in [-0.2, -0.15) is 0 Å². The van der Waals surface area contributed by atoms with Crippen LogP contribution in [0.25, 0.3) is 0 Å². The second-order valence-electron chi connectivity index (χ2n) is 3.71. The quantitative estimate of drug-likeness (QED) is 0.779. The Morgan fingerprint density at radius 1 is 1.38 bits per heavy atom. The highest BCUT2D eigenvalue weighted by Gasteiger charge is 2.23. The average molecular weight is 287 g/mol.